The van der Waals surface area contributed by atoms with Gasteiger partial charge >= 0.3 is 41.8 Å². The molecule has 0 saturated carbocycles. The molecule has 8 atom stereocenters. The van der Waals surface area contributed by atoms with Crippen molar-refractivity contribution in [2.24, 2.45) is 10.8 Å². The maximum Gasteiger partial charge on any atom is 0.322 e. The molecule has 0 radical (unpaired) electrons. The number of hydrogen-bond donors (Lipinski definition) is 1. The first kappa shape index (κ1) is 52.5. The molecule has 1 N–H and O–H groups in total. The van der Waals surface area contributed by atoms with E-state index in [1.54, 1.807) is 6.92 Å². The Balaban J connectivity index is 3.54. The molecule has 58 heavy (non-hydrogen) atoms. The summed E-state index contributed by atoms with van der Waals surface area (Å²) in [6.07, 6.45) is -8.19. The largest absolute Gasteiger partial charge is 0.481 e. The topological polar surface area (TPSA) is 241 Å². The quantitative estimate of drug-likeness (QED) is 0.0669. The summed E-state index contributed by atoms with van der Waals surface area (Å²) in [5.41, 5.74) is -2.98. The number of carbonyl (C=O) groups is 7. The summed E-state index contributed by atoms with van der Waals surface area (Å²) in [4.78, 5) is 89.4. The zero-order chi connectivity index (χ0) is 44.4. The molecule has 0 aromatic carbocycles. The number of rotatable bonds is 23. The molecule has 0 aromatic rings. The van der Waals surface area contributed by atoms with E-state index in [0.717, 1.165) is 39.5 Å². The predicted molar refractivity (Wildman–Crippen MR) is 213 cm³/mol. The SMILES string of the molecule is CCSC(=S)SC(C)(CC(C)(CC(C)(C#N)CCC(=O)O)C(=O)OCCOC1OC(COC(C)=O)C(OC(C)=O)C(OC(C)=O)C1OC(C)=O)C(=O)OCCN(C)C. The van der Waals surface area contributed by atoms with Crippen LogP contribution in [0.15, 0.2) is 0 Å². The van der Waals surface area contributed by atoms with E-state index in [0.29, 0.717) is 15.8 Å². The van der Waals surface area contributed by atoms with Crippen molar-refractivity contribution in [1.82, 2.24) is 4.90 Å². The van der Waals surface area contributed by atoms with Gasteiger partial charge in [0.1, 0.15) is 34.2 Å². The molecule has 0 spiro atoms. The molecular formula is C37H56N2O16S3. The third-order valence-electron chi connectivity index (χ3n) is 8.48. The van der Waals surface area contributed by atoms with Crippen LogP contribution in [0.4, 0.5) is 0 Å². The number of thioether (sulfide) groups is 2. The lowest BCUT2D eigenvalue weighted by Gasteiger charge is -2.44. The van der Waals surface area contributed by atoms with Gasteiger partial charge in [0.25, 0.3) is 0 Å². The summed E-state index contributed by atoms with van der Waals surface area (Å²) in [5.74, 6) is -5.26. The fourth-order valence-corrected chi connectivity index (χ4v) is 9.31. The third-order valence-corrected chi connectivity index (χ3v) is 11.1. The van der Waals surface area contributed by atoms with Crippen LogP contribution in [-0.4, -0.2) is 144 Å². The zero-order valence-electron chi connectivity index (χ0n) is 34.6. The molecule has 8 unspecified atom stereocenters. The Morgan fingerprint density at radius 1 is 0.810 bits per heavy atom. The molecule has 1 rings (SSSR count). The van der Waals surface area contributed by atoms with E-state index in [9.17, 15) is 43.9 Å². The fraction of sp³-hybridized carbons (Fsp3) is 0.757. The monoisotopic (exact) mass is 880 g/mol. The summed E-state index contributed by atoms with van der Waals surface area (Å²) >= 11 is 7.91. The fourth-order valence-electron chi connectivity index (χ4n) is 6.13. The Kier molecular flexibility index (Phi) is 22.2. The molecule has 1 aliphatic rings. The number of ether oxygens (including phenoxy) is 8. The van der Waals surface area contributed by atoms with E-state index in [1.165, 1.54) is 25.6 Å². The first-order valence-electron chi connectivity index (χ1n) is 18.3. The number of nitrogens with zero attached hydrogens (tertiary/aromatic N) is 2. The van der Waals surface area contributed by atoms with Crippen LogP contribution in [0.5, 0.6) is 0 Å². The van der Waals surface area contributed by atoms with Crippen molar-refractivity contribution >= 4 is 81.1 Å². The molecule has 1 aliphatic heterocycles. The summed E-state index contributed by atoms with van der Waals surface area (Å²) < 4.78 is 43.4. The predicted octanol–water partition coefficient (Wildman–Crippen LogP) is 3.45. The van der Waals surface area contributed by atoms with Crippen LogP contribution in [0.3, 0.4) is 0 Å². The van der Waals surface area contributed by atoms with Crippen LogP contribution in [0.25, 0.3) is 0 Å². The molecule has 1 heterocycles. The van der Waals surface area contributed by atoms with Gasteiger partial charge in [0, 0.05) is 40.7 Å². The lowest BCUT2D eigenvalue weighted by molar-refractivity contribution is -0.309. The lowest BCUT2D eigenvalue weighted by Crippen LogP contribution is -2.63. The second-order valence-electron chi connectivity index (χ2n) is 14.5. The Labute approximate surface area is 352 Å². The first-order valence-corrected chi connectivity index (χ1v) is 20.5. The van der Waals surface area contributed by atoms with Gasteiger partial charge in [-0.1, -0.05) is 30.9 Å². The molecule has 0 amide bonds. The Hall–Kier alpha value is -3.55. The number of nitriles is 1. The Morgan fingerprint density at radius 3 is 1.90 bits per heavy atom. The molecule has 0 bridgehead atoms. The molecule has 328 valence electrons. The number of carboxylic acid groups (broad SMARTS) is 1. The van der Waals surface area contributed by atoms with Gasteiger partial charge in [-0.3, -0.25) is 33.6 Å². The number of hydrogen-bond acceptors (Lipinski definition) is 20. The van der Waals surface area contributed by atoms with Gasteiger partial charge < -0.3 is 47.9 Å². The molecule has 0 aliphatic carbocycles. The average molecular weight is 881 g/mol. The van der Waals surface area contributed by atoms with E-state index in [4.69, 9.17) is 50.1 Å². The minimum absolute atomic E-state index is 0.0436. The molecule has 1 saturated heterocycles. The average Bonchev–Trinajstić information content (AvgIpc) is 3.09. The van der Waals surface area contributed by atoms with Gasteiger partial charge in [-0.15, -0.1) is 11.8 Å². The van der Waals surface area contributed by atoms with Crippen molar-refractivity contribution in [3.05, 3.63) is 0 Å². The Morgan fingerprint density at radius 2 is 1.38 bits per heavy atom. The van der Waals surface area contributed by atoms with Crippen molar-refractivity contribution < 1.29 is 76.6 Å². The second-order valence-corrected chi connectivity index (χ2v) is 18.5. The van der Waals surface area contributed by atoms with Gasteiger partial charge in [0.15, 0.2) is 24.6 Å². The van der Waals surface area contributed by atoms with E-state index >= 15 is 0 Å². The number of carboxylic acids is 1. The van der Waals surface area contributed by atoms with Crippen molar-refractivity contribution in [2.45, 2.75) is 117 Å². The van der Waals surface area contributed by atoms with E-state index in [1.807, 2.05) is 25.9 Å². The van der Waals surface area contributed by atoms with Crippen molar-refractivity contribution in [3.8, 4) is 6.07 Å². The van der Waals surface area contributed by atoms with E-state index in [2.05, 4.69) is 6.07 Å². The van der Waals surface area contributed by atoms with Crippen LogP contribution in [0, 0.1) is 22.2 Å². The summed E-state index contributed by atoms with van der Waals surface area (Å²) in [6.45, 7) is 9.92. The Bertz CT molecular complexity index is 1520. The van der Waals surface area contributed by atoms with Crippen LogP contribution >= 0.6 is 35.7 Å². The van der Waals surface area contributed by atoms with Gasteiger partial charge in [0.2, 0.25) is 0 Å². The standard InChI is InChI=1S/C37H56N2O16S3/c1-11-57-34(56)58-37(8,33(47)49-15-14-39(9)10)20-36(7,19-35(6,21-38)13-12-27(44)45)32(46)50-17-16-48-31-30(54-25(5)43)29(53-24(4)42)28(52-23(3)41)26(55-31)18-51-22(2)40/h26,28-31H,11-20H2,1-10H3,(H,44,45). The third kappa shape index (κ3) is 18.2. The van der Waals surface area contributed by atoms with Crippen molar-refractivity contribution in [3.63, 3.8) is 0 Å². The molecular weight excluding hydrogens is 825 g/mol. The van der Waals surface area contributed by atoms with Crippen LogP contribution in [0.1, 0.15) is 81.1 Å². The summed E-state index contributed by atoms with van der Waals surface area (Å²) in [6, 6.07) is 2.14. The lowest BCUT2D eigenvalue weighted by atomic mass is 9.68. The minimum atomic E-state index is -1.62. The highest BCUT2D eigenvalue weighted by Gasteiger charge is 2.53. The number of esters is 6. The number of thiocarbonyl (C=S) groups is 1. The van der Waals surface area contributed by atoms with Gasteiger partial charge in [-0.25, -0.2) is 0 Å². The summed E-state index contributed by atoms with van der Waals surface area (Å²) in [5, 5.41) is 19.6. The number of likely N-dealkylation sites (N-methyl/N-ethyl adjacent to an activating group) is 1. The number of carbonyl (C=O) groups excluding carboxylic acids is 6. The van der Waals surface area contributed by atoms with Crippen LogP contribution < -0.4 is 0 Å². The summed E-state index contributed by atoms with van der Waals surface area (Å²) in [7, 11) is 3.61. The molecule has 0 aromatic heterocycles. The van der Waals surface area contributed by atoms with E-state index in [-0.39, 0.29) is 32.3 Å². The molecule has 21 heteroatoms. The molecule has 1 fully saturated rings. The smallest absolute Gasteiger partial charge is 0.322 e. The van der Waals surface area contributed by atoms with Crippen LogP contribution in [0.2, 0.25) is 0 Å². The van der Waals surface area contributed by atoms with Gasteiger partial charge in [0.05, 0.1) is 23.5 Å². The van der Waals surface area contributed by atoms with Crippen LogP contribution in [-0.2, 0) is 71.5 Å². The van der Waals surface area contributed by atoms with Crippen molar-refractivity contribution in [1.29, 1.82) is 5.26 Å². The highest BCUT2D eigenvalue weighted by Crippen LogP contribution is 2.48. The van der Waals surface area contributed by atoms with Gasteiger partial charge in [-0.2, -0.15) is 5.26 Å². The first-order chi connectivity index (χ1) is 26.9. The zero-order valence-corrected chi connectivity index (χ0v) is 37.1. The minimum Gasteiger partial charge on any atom is -0.481 e. The normalized spacial score (nSPS) is 22.1. The highest BCUT2D eigenvalue weighted by atomic mass is 32.2. The maximum atomic E-state index is 14.2. The number of aliphatic carboxylic acids is 1. The maximum absolute atomic E-state index is 14.2. The van der Waals surface area contributed by atoms with E-state index < -0.39 is 108 Å². The molecule has 18 nitrogen and oxygen atoms in total. The van der Waals surface area contributed by atoms with Crippen molar-refractivity contribution in [2.75, 3.05) is 52.8 Å². The second kappa shape index (κ2) is 24.5. The van der Waals surface area contributed by atoms with Gasteiger partial charge in [-0.05, 0) is 59.9 Å². The highest BCUT2D eigenvalue weighted by molar-refractivity contribution is 8.47.